The van der Waals surface area contributed by atoms with E-state index in [4.69, 9.17) is 28.5 Å². The van der Waals surface area contributed by atoms with Crippen molar-refractivity contribution < 1.29 is 0 Å². The number of pyridine rings is 1. The topological polar surface area (TPSA) is 39.9 Å². The molecule has 0 bridgehead atoms. The van der Waals surface area contributed by atoms with E-state index < -0.39 is 0 Å². The van der Waals surface area contributed by atoms with Gasteiger partial charge in [0.1, 0.15) is 11.0 Å². The van der Waals surface area contributed by atoms with E-state index in [0.717, 1.165) is 9.21 Å². The fourth-order valence-electron chi connectivity index (χ4n) is 1.49. The van der Waals surface area contributed by atoms with Gasteiger partial charge in [-0.3, -0.25) is 0 Å². The lowest BCUT2D eigenvalue weighted by atomic mass is 10.3. The second-order valence-electron chi connectivity index (χ2n) is 3.71. The highest BCUT2D eigenvalue weighted by atomic mass is 35.5. The summed E-state index contributed by atoms with van der Waals surface area (Å²) in [6.07, 6.45) is 0. The van der Waals surface area contributed by atoms with E-state index in [9.17, 15) is 0 Å². The van der Waals surface area contributed by atoms with Crippen LogP contribution in [0, 0.1) is 11.3 Å². The second kappa shape index (κ2) is 5.57. The molecule has 0 saturated carbocycles. The van der Waals surface area contributed by atoms with E-state index in [-0.39, 0.29) is 0 Å². The van der Waals surface area contributed by atoms with Crippen molar-refractivity contribution in [2.24, 2.45) is 0 Å². The summed E-state index contributed by atoms with van der Waals surface area (Å²) in [5, 5.41) is 9.21. The van der Waals surface area contributed by atoms with Crippen molar-refractivity contribution >= 4 is 40.4 Å². The number of nitriles is 1. The lowest BCUT2D eigenvalue weighted by molar-refractivity contribution is 0.912. The number of anilines is 1. The largest absolute Gasteiger partial charge is 0.354 e. The average Bonchev–Trinajstić information content (AvgIpc) is 2.73. The fraction of sp³-hybridized carbons (Fsp3) is 0.167. The highest BCUT2D eigenvalue weighted by molar-refractivity contribution is 7.16. The summed E-state index contributed by atoms with van der Waals surface area (Å²) in [6, 6.07) is 9.15. The van der Waals surface area contributed by atoms with Gasteiger partial charge < -0.3 is 4.90 Å². The molecule has 2 rings (SSSR count). The quantitative estimate of drug-likeness (QED) is 0.805. The molecule has 2 aromatic rings. The summed E-state index contributed by atoms with van der Waals surface area (Å²) in [5.74, 6) is 0.670. The summed E-state index contributed by atoms with van der Waals surface area (Å²) >= 11 is 13.3. The van der Waals surface area contributed by atoms with E-state index in [1.165, 1.54) is 11.3 Å². The van der Waals surface area contributed by atoms with Gasteiger partial charge in [0, 0.05) is 11.9 Å². The van der Waals surface area contributed by atoms with Crippen molar-refractivity contribution in [3.05, 3.63) is 44.2 Å². The molecule has 0 atom stereocenters. The smallest absolute Gasteiger partial charge is 0.132 e. The highest BCUT2D eigenvalue weighted by Gasteiger charge is 2.08. The van der Waals surface area contributed by atoms with Crippen LogP contribution in [0.4, 0.5) is 5.82 Å². The molecule has 2 heterocycles. The number of halogens is 2. The number of nitrogens with zero attached hydrogens (tertiary/aromatic N) is 3. The van der Waals surface area contributed by atoms with Crippen LogP contribution in [0.2, 0.25) is 9.49 Å². The summed E-state index contributed by atoms with van der Waals surface area (Å²) in [7, 11) is 1.90. The number of thiophene rings is 1. The molecule has 18 heavy (non-hydrogen) atoms. The van der Waals surface area contributed by atoms with Crippen LogP contribution in [0.5, 0.6) is 0 Å². The Labute approximate surface area is 119 Å². The average molecular weight is 298 g/mol. The van der Waals surface area contributed by atoms with Gasteiger partial charge in [-0.05, 0) is 24.3 Å². The van der Waals surface area contributed by atoms with Gasteiger partial charge in [0.15, 0.2) is 0 Å². The molecule has 0 saturated heterocycles. The van der Waals surface area contributed by atoms with Crippen molar-refractivity contribution in [3.63, 3.8) is 0 Å². The Bertz CT molecular complexity index is 604. The zero-order valence-corrected chi connectivity index (χ0v) is 11.9. The first-order valence-electron chi connectivity index (χ1n) is 5.11. The predicted molar refractivity (Wildman–Crippen MR) is 75.4 cm³/mol. The molecular weight excluding hydrogens is 289 g/mol. The Morgan fingerprint density at radius 2 is 2.17 bits per heavy atom. The minimum absolute atomic E-state index is 0.320. The lowest BCUT2D eigenvalue weighted by Crippen LogP contribution is -2.17. The van der Waals surface area contributed by atoms with Crippen LogP contribution < -0.4 is 4.90 Å². The molecule has 0 radical (unpaired) electrons. The van der Waals surface area contributed by atoms with E-state index in [2.05, 4.69) is 11.1 Å². The molecule has 92 valence electrons. The molecule has 0 amide bonds. The molecule has 0 aliphatic rings. The maximum atomic E-state index is 8.89. The van der Waals surface area contributed by atoms with Crippen molar-refractivity contribution in [1.29, 1.82) is 5.26 Å². The number of hydrogen-bond acceptors (Lipinski definition) is 4. The van der Waals surface area contributed by atoms with Crippen LogP contribution in [-0.2, 0) is 6.54 Å². The normalized spacial score (nSPS) is 10.1. The minimum atomic E-state index is 0.320. The Balaban J connectivity index is 2.21. The van der Waals surface area contributed by atoms with Gasteiger partial charge in [-0.1, -0.05) is 23.2 Å². The third-order valence-electron chi connectivity index (χ3n) is 2.32. The zero-order chi connectivity index (χ0) is 13.1. The maximum absolute atomic E-state index is 8.89. The number of aromatic nitrogens is 1. The Kier molecular flexibility index (Phi) is 4.07. The van der Waals surface area contributed by atoms with Gasteiger partial charge in [0.2, 0.25) is 0 Å². The molecular formula is C12H9Cl2N3S. The molecule has 0 aromatic carbocycles. The molecule has 0 spiro atoms. The van der Waals surface area contributed by atoms with Crippen LogP contribution in [0.3, 0.4) is 0 Å². The Morgan fingerprint density at radius 1 is 1.39 bits per heavy atom. The predicted octanol–water partition coefficient (Wildman–Crippen LogP) is 3.96. The first-order valence-corrected chi connectivity index (χ1v) is 6.69. The van der Waals surface area contributed by atoms with Crippen molar-refractivity contribution in [3.8, 4) is 6.07 Å². The van der Waals surface area contributed by atoms with Crippen molar-refractivity contribution in [2.75, 3.05) is 11.9 Å². The Hall–Kier alpha value is -1.28. The molecule has 0 N–H and O–H groups in total. The molecule has 2 aromatic heterocycles. The lowest BCUT2D eigenvalue weighted by Gasteiger charge is -2.17. The van der Waals surface area contributed by atoms with Crippen LogP contribution in [0.25, 0.3) is 0 Å². The number of hydrogen-bond donors (Lipinski definition) is 0. The maximum Gasteiger partial charge on any atom is 0.132 e. The monoisotopic (exact) mass is 297 g/mol. The third-order valence-corrected chi connectivity index (χ3v) is 3.73. The second-order valence-corrected chi connectivity index (χ2v) is 5.90. The number of rotatable bonds is 3. The van der Waals surface area contributed by atoms with Crippen molar-refractivity contribution in [1.82, 2.24) is 4.98 Å². The first-order chi connectivity index (χ1) is 8.58. The van der Waals surface area contributed by atoms with Gasteiger partial charge in [-0.2, -0.15) is 5.26 Å². The third kappa shape index (κ3) is 3.14. The summed E-state index contributed by atoms with van der Waals surface area (Å²) in [5.41, 5.74) is 0.501. The fourth-order valence-corrected chi connectivity index (χ4v) is 2.84. The van der Waals surface area contributed by atoms with Crippen LogP contribution >= 0.6 is 34.5 Å². The van der Waals surface area contributed by atoms with E-state index in [1.807, 2.05) is 24.1 Å². The Morgan fingerprint density at radius 3 is 2.78 bits per heavy atom. The highest BCUT2D eigenvalue weighted by Crippen LogP contribution is 2.24. The molecule has 0 aliphatic heterocycles. The van der Waals surface area contributed by atoms with Gasteiger partial charge in [-0.15, -0.1) is 11.3 Å². The van der Waals surface area contributed by atoms with Crippen molar-refractivity contribution in [2.45, 2.75) is 6.54 Å². The molecule has 0 aliphatic carbocycles. The van der Waals surface area contributed by atoms with E-state index >= 15 is 0 Å². The minimum Gasteiger partial charge on any atom is -0.354 e. The van der Waals surface area contributed by atoms with Crippen LogP contribution in [0.1, 0.15) is 10.4 Å². The molecule has 0 unspecified atom stereocenters. The standard InChI is InChI=1S/C12H9Cl2N3S/c1-17(7-9-2-3-11(14)18-9)12-5-8(6-15)4-10(13)16-12/h2-5H,7H2,1H3. The van der Waals surface area contributed by atoms with Crippen LogP contribution in [-0.4, -0.2) is 12.0 Å². The molecule has 3 nitrogen and oxygen atoms in total. The van der Waals surface area contributed by atoms with E-state index in [1.54, 1.807) is 12.1 Å². The first kappa shape index (κ1) is 13.2. The molecule has 0 fully saturated rings. The summed E-state index contributed by atoms with van der Waals surface area (Å²) < 4.78 is 0.759. The SMILES string of the molecule is CN(Cc1ccc(Cl)s1)c1cc(C#N)cc(Cl)n1. The van der Waals surface area contributed by atoms with Gasteiger partial charge in [0.05, 0.1) is 22.5 Å². The van der Waals surface area contributed by atoms with Crippen LogP contribution in [0.15, 0.2) is 24.3 Å². The van der Waals surface area contributed by atoms with Gasteiger partial charge >= 0.3 is 0 Å². The molecule has 6 heteroatoms. The van der Waals surface area contributed by atoms with Gasteiger partial charge in [0.25, 0.3) is 0 Å². The summed E-state index contributed by atoms with van der Waals surface area (Å²) in [6.45, 7) is 0.676. The van der Waals surface area contributed by atoms with E-state index in [0.29, 0.717) is 23.1 Å². The summed E-state index contributed by atoms with van der Waals surface area (Å²) in [4.78, 5) is 7.25. The zero-order valence-electron chi connectivity index (χ0n) is 9.52. The van der Waals surface area contributed by atoms with Gasteiger partial charge in [-0.25, -0.2) is 4.98 Å².